The van der Waals surface area contributed by atoms with Gasteiger partial charge in [0.05, 0.1) is 12.2 Å². The van der Waals surface area contributed by atoms with Crippen LogP contribution in [0, 0.1) is 0 Å². The lowest BCUT2D eigenvalue weighted by molar-refractivity contribution is 0.0354. The number of hydrogen-bond acceptors (Lipinski definition) is 3. The lowest BCUT2D eigenvalue weighted by Gasteiger charge is -2.25. The molecule has 5 nitrogen and oxygen atoms in total. The predicted octanol–water partition coefficient (Wildman–Crippen LogP) is 2.90. The number of carbonyl (C=O) groups excluding carboxylic acids is 1. The van der Waals surface area contributed by atoms with Gasteiger partial charge in [0.25, 0.3) is 0 Å². The number of amides is 2. The van der Waals surface area contributed by atoms with Crippen molar-refractivity contribution in [2.75, 3.05) is 18.5 Å². The van der Waals surface area contributed by atoms with Crippen LogP contribution in [0.4, 0.5) is 10.5 Å². The molecule has 0 aliphatic heterocycles. The molecular formula is C16H26N2O3. The quantitative estimate of drug-likeness (QED) is 0.690. The van der Waals surface area contributed by atoms with Crippen molar-refractivity contribution in [1.82, 2.24) is 5.32 Å². The fourth-order valence-electron chi connectivity index (χ4n) is 1.88. The van der Waals surface area contributed by atoms with Gasteiger partial charge in [-0.05, 0) is 37.5 Å². The van der Waals surface area contributed by atoms with Crippen LogP contribution in [0.2, 0.25) is 0 Å². The van der Waals surface area contributed by atoms with Crippen molar-refractivity contribution in [3.8, 4) is 0 Å². The highest BCUT2D eigenvalue weighted by atomic mass is 16.5. The predicted molar refractivity (Wildman–Crippen MR) is 84.3 cm³/mol. The van der Waals surface area contributed by atoms with Crippen LogP contribution in [-0.2, 0) is 11.3 Å². The van der Waals surface area contributed by atoms with Gasteiger partial charge < -0.3 is 20.5 Å². The van der Waals surface area contributed by atoms with E-state index in [-0.39, 0.29) is 12.6 Å². The Balaban J connectivity index is 2.51. The van der Waals surface area contributed by atoms with Crippen LogP contribution in [0.15, 0.2) is 24.3 Å². The molecule has 0 aromatic heterocycles. The molecule has 0 unspecified atom stereocenters. The summed E-state index contributed by atoms with van der Waals surface area (Å²) in [7, 11) is 0. The molecule has 5 heteroatoms. The Hall–Kier alpha value is -1.59. The standard InChI is InChI=1S/C16H26N2O3/c1-4-16(20,5-2)12-17-15(19)18-14-9-7-8-13(10-14)11-21-6-3/h7-10,20H,4-6,11-12H2,1-3H3,(H2,17,18,19). The number of benzene rings is 1. The lowest BCUT2D eigenvalue weighted by Crippen LogP contribution is -2.43. The molecule has 3 N–H and O–H groups in total. The van der Waals surface area contributed by atoms with E-state index >= 15 is 0 Å². The summed E-state index contributed by atoms with van der Waals surface area (Å²) in [5.41, 5.74) is 0.878. The van der Waals surface area contributed by atoms with E-state index in [1.807, 2.05) is 45.0 Å². The molecule has 21 heavy (non-hydrogen) atoms. The molecule has 0 spiro atoms. The first-order valence-corrected chi connectivity index (χ1v) is 7.47. The van der Waals surface area contributed by atoms with Gasteiger partial charge >= 0.3 is 6.03 Å². The van der Waals surface area contributed by atoms with Gasteiger partial charge in [0.2, 0.25) is 0 Å². The molecule has 0 radical (unpaired) electrons. The third kappa shape index (κ3) is 6.14. The van der Waals surface area contributed by atoms with Crippen LogP contribution in [0.3, 0.4) is 0 Å². The minimum Gasteiger partial charge on any atom is -0.388 e. The minimum absolute atomic E-state index is 0.241. The zero-order valence-corrected chi connectivity index (χ0v) is 13.1. The van der Waals surface area contributed by atoms with Gasteiger partial charge in [0.15, 0.2) is 0 Å². The van der Waals surface area contributed by atoms with Crippen molar-refractivity contribution < 1.29 is 14.6 Å². The van der Waals surface area contributed by atoms with Gasteiger partial charge in [-0.2, -0.15) is 0 Å². The number of ether oxygens (including phenoxy) is 1. The molecule has 118 valence electrons. The minimum atomic E-state index is -0.839. The largest absolute Gasteiger partial charge is 0.388 e. The van der Waals surface area contributed by atoms with Crippen LogP contribution in [0.5, 0.6) is 0 Å². The van der Waals surface area contributed by atoms with Gasteiger partial charge in [-0.25, -0.2) is 4.79 Å². The van der Waals surface area contributed by atoms with E-state index in [0.29, 0.717) is 31.7 Å². The number of rotatable bonds is 8. The molecule has 2 amide bonds. The smallest absolute Gasteiger partial charge is 0.319 e. The molecule has 0 bridgehead atoms. The van der Waals surface area contributed by atoms with Crippen LogP contribution in [0.25, 0.3) is 0 Å². The SMILES string of the molecule is CCOCc1cccc(NC(=O)NCC(O)(CC)CC)c1. The third-order valence-electron chi connectivity index (χ3n) is 3.55. The summed E-state index contributed by atoms with van der Waals surface area (Å²) >= 11 is 0. The molecule has 0 aliphatic carbocycles. The Morgan fingerprint density at radius 1 is 1.29 bits per heavy atom. The van der Waals surface area contributed by atoms with Gasteiger partial charge in [0.1, 0.15) is 0 Å². The van der Waals surface area contributed by atoms with Crippen molar-refractivity contribution in [3.05, 3.63) is 29.8 Å². The molecule has 0 heterocycles. The maximum atomic E-state index is 11.9. The first kappa shape index (κ1) is 17.5. The second kappa shape index (κ2) is 8.64. The summed E-state index contributed by atoms with van der Waals surface area (Å²) in [5, 5.41) is 15.6. The summed E-state index contributed by atoms with van der Waals surface area (Å²) in [5.74, 6) is 0. The molecule has 1 aromatic rings. The fourth-order valence-corrected chi connectivity index (χ4v) is 1.88. The highest BCUT2D eigenvalue weighted by Gasteiger charge is 2.22. The number of hydrogen-bond donors (Lipinski definition) is 3. The second-order valence-electron chi connectivity index (χ2n) is 5.08. The fraction of sp³-hybridized carbons (Fsp3) is 0.562. The zero-order chi connectivity index (χ0) is 15.7. The summed E-state index contributed by atoms with van der Waals surface area (Å²) in [6.45, 7) is 7.17. The van der Waals surface area contributed by atoms with Gasteiger partial charge in [-0.15, -0.1) is 0 Å². The lowest BCUT2D eigenvalue weighted by atomic mass is 9.98. The van der Waals surface area contributed by atoms with Crippen molar-refractivity contribution >= 4 is 11.7 Å². The Bertz CT molecular complexity index is 445. The number of carbonyl (C=O) groups is 1. The Labute approximate surface area is 126 Å². The molecule has 1 aromatic carbocycles. The van der Waals surface area contributed by atoms with Crippen molar-refractivity contribution in [1.29, 1.82) is 0 Å². The number of nitrogens with one attached hydrogen (secondary N) is 2. The summed E-state index contributed by atoms with van der Waals surface area (Å²) in [4.78, 5) is 11.9. The maximum Gasteiger partial charge on any atom is 0.319 e. The molecule has 0 fully saturated rings. The summed E-state index contributed by atoms with van der Waals surface area (Å²) < 4.78 is 5.34. The second-order valence-corrected chi connectivity index (χ2v) is 5.08. The normalized spacial score (nSPS) is 11.2. The van der Waals surface area contributed by atoms with Gasteiger partial charge in [-0.3, -0.25) is 0 Å². The molecule has 0 saturated heterocycles. The van der Waals surface area contributed by atoms with E-state index in [2.05, 4.69) is 10.6 Å². The molecule has 1 rings (SSSR count). The van der Waals surface area contributed by atoms with Crippen LogP contribution < -0.4 is 10.6 Å². The van der Waals surface area contributed by atoms with Crippen LogP contribution >= 0.6 is 0 Å². The van der Waals surface area contributed by atoms with Crippen LogP contribution in [0.1, 0.15) is 39.2 Å². The molecule has 0 saturated carbocycles. The van der Waals surface area contributed by atoms with Crippen molar-refractivity contribution in [2.45, 2.75) is 45.8 Å². The maximum absolute atomic E-state index is 11.9. The van der Waals surface area contributed by atoms with E-state index < -0.39 is 5.60 Å². The summed E-state index contributed by atoms with van der Waals surface area (Å²) in [6, 6.07) is 7.20. The van der Waals surface area contributed by atoms with Gasteiger partial charge in [-0.1, -0.05) is 26.0 Å². The highest BCUT2D eigenvalue weighted by Crippen LogP contribution is 2.14. The molecule has 0 atom stereocenters. The van der Waals surface area contributed by atoms with E-state index in [4.69, 9.17) is 4.74 Å². The number of anilines is 1. The van der Waals surface area contributed by atoms with Crippen molar-refractivity contribution in [2.24, 2.45) is 0 Å². The van der Waals surface area contributed by atoms with E-state index in [1.165, 1.54) is 0 Å². The Morgan fingerprint density at radius 3 is 2.62 bits per heavy atom. The average molecular weight is 294 g/mol. The van der Waals surface area contributed by atoms with Gasteiger partial charge in [0, 0.05) is 18.8 Å². The average Bonchev–Trinajstić information content (AvgIpc) is 2.51. The monoisotopic (exact) mass is 294 g/mol. The molecule has 0 aliphatic rings. The zero-order valence-electron chi connectivity index (χ0n) is 13.1. The first-order chi connectivity index (χ1) is 10.0. The van der Waals surface area contributed by atoms with E-state index in [9.17, 15) is 9.90 Å². The third-order valence-corrected chi connectivity index (χ3v) is 3.55. The van der Waals surface area contributed by atoms with Crippen LogP contribution in [-0.4, -0.2) is 29.9 Å². The number of urea groups is 1. The summed E-state index contributed by atoms with van der Waals surface area (Å²) in [6.07, 6.45) is 1.21. The van der Waals surface area contributed by atoms with E-state index in [1.54, 1.807) is 0 Å². The first-order valence-electron chi connectivity index (χ1n) is 7.47. The highest BCUT2D eigenvalue weighted by molar-refractivity contribution is 5.89. The topological polar surface area (TPSA) is 70.6 Å². The molecular weight excluding hydrogens is 268 g/mol. The number of aliphatic hydroxyl groups is 1. The Kier molecular flexibility index (Phi) is 7.19. The Morgan fingerprint density at radius 2 is 2.00 bits per heavy atom. The van der Waals surface area contributed by atoms with Crippen molar-refractivity contribution in [3.63, 3.8) is 0 Å². The van der Waals surface area contributed by atoms with E-state index in [0.717, 1.165) is 5.56 Å².